The number of fused-ring (bicyclic) bond motifs is 1. The molecule has 0 bridgehead atoms. The summed E-state index contributed by atoms with van der Waals surface area (Å²) in [5, 5.41) is 17.1. The van der Waals surface area contributed by atoms with Gasteiger partial charge in [0, 0.05) is 24.2 Å². The van der Waals surface area contributed by atoms with Gasteiger partial charge in [0.1, 0.15) is 18.7 Å². The second-order valence-electron chi connectivity index (χ2n) is 6.18. The van der Waals surface area contributed by atoms with E-state index < -0.39 is 12.0 Å². The first kappa shape index (κ1) is 16.0. The third-order valence-electron chi connectivity index (χ3n) is 4.63. The number of hydrogen-bond donors (Lipinski definition) is 1. The average Bonchev–Trinajstić information content (AvgIpc) is 3.21. The zero-order valence-electron chi connectivity index (χ0n) is 13.8. The second kappa shape index (κ2) is 6.44. The van der Waals surface area contributed by atoms with Crippen LogP contribution in [0.1, 0.15) is 21.5 Å². The number of aliphatic carboxylic acids is 1. The van der Waals surface area contributed by atoms with Crippen molar-refractivity contribution in [2.24, 2.45) is 0 Å². The van der Waals surface area contributed by atoms with Crippen molar-refractivity contribution in [3.63, 3.8) is 0 Å². The quantitative estimate of drug-likeness (QED) is 0.781. The molecule has 1 aromatic heterocycles. The molecular weight excluding hydrogens is 332 g/mol. The SMILES string of the molecule is O=C(O)[C@@H]1Cc2ccccc2CN1C(=O)c1ccc(-n2cnnc2)cc1. The summed E-state index contributed by atoms with van der Waals surface area (Å²) in [6.45, 7) is 0.291. The Bertz CT molecular complexity index is 951. The Morgan fingerprint density at radius 3 is 2.27 bits per heavy atom. The van der Waals surface area contributed by atoms with Gasteiger partial charge in [-0.1, -0.05) is 24.3 Å². The molecule has 1 aliphatic heterocycles. The van der Waals surface area contributed by atoms with E-state index >= 15 is 0 Å². The monoisotopic (exact) mass is 348 g/mol. The maximum atomic E-state index is 13.0. The van der Waals surface area contributed by atoms with E-state index in [1.807, 2.05) is 24.3 Å². The number of hydrogen-bond acceptors (Lipinski definition) is 4. The van der Waals surface area contributed by atoms with Gasteiger partial charge >= 0.3 is 5.97 Å². The highest BCUT2D eigenvalue weighted by Gasteiger charge is 2.34. The number of amides is 1. The van der Waals surface area contributed by atoms with E-state index in [-0.39, 0.29) is 5.91 Å². The Hall–Kier alpha value is -3.48. The summed E-state index contributed by atoms with van der Waals surface area (Å²) < 4.78 is 1.73. The Morgan fingerprint density at radius 1 is 0.962 bits per heavy atom. The molecule has 1 N–H and O–H groups in total. The van der Waals surface area contributed by atoms with Crippen LogP contribution in [0.25, 0.3) is 5.69 Å². The fourth-order valence-electron chi connectivity index (χ4n) is 3.23. The van der Waals surface area contributed by atoms with Gasteiger partial charge in [-0.05, 0) is 35.4 Å². The third-order valence-corrected chi connectivity index (χ3v) is 4.63. The summed E-state index contributed by atoms with van der Waals surface area (Å²) >= 11 is 0. The van der Waals surface area contributed by atoms with Crippen LogP contribution in [0.3, 0.4) is 0 Å². The van der Waals surface area contributed by atoms with E-state index in [1.165, 1.54) is 4.90 Å². The van der Waals surface area contributed by atoms with Crippen molar-refractivity contribution < 1.29 is 14.7 Å². The van der Waals surface area contributed by atoms with Gasteiger partial charge in [0.25, 0.3) is 5.91 Å². The highest BCUT2D eigenvalue weighted by Crippen LogP contribution is 2.25. The molecule has 0 radical (unpaired) electrons. The molecule has 4 rings (SSSR count). The van der Waals surface area contributed by atoms with Crippen molar-refractivity contribution in [1.29, 1.82) is 0 Å². The molecule has 3 aromatic rings. The Kier molecular flexibility index (Phi) is 3.96. The second-order valence-corrected chi connectivity index (χ2v) is 6.18. The number of carbonyl (C=O) groups is 2. The summed E-state index contributed by atoms with van der Waals surface area (Å²) in [5.41, 5.74) is 3.24. The van der Waals surface area contributed by atoms with Crippen LogP contribution >= 0.6 is 0 Å². The maximum Gasteiger partial charge on any atom is 0.326 e. The molecule has 7 nitrogen and oxygen atoms in total. The van der Waals surface area contributed by atoms with Crippen LogP contribution in [-0.2, 0) is 17.8 Å². The lowest BCUT2D eigenvalue weighted by Gasteiger charge is -2.34. The van der Waals surface area contributed by atoms with Crippen LogP contribution in [0.4, 0.5) is 0 Å². The lowest BCUT2D eigenvalue weighted by Crippen LogP contribution is -2.48. The smallest absolute Gasteiger partial charge is 0.326 e. The number of benzene rings is 2. The summed E-state index contributed by atoms with van der Waals surface area (Å²) in [4.78, 5) is 26.1. The number of aromatic nitrogens is 3. The van der Waals surface area contributed by atoms with E-state index in [0.717, 1.165) is 16.8 Å². The molecule has 0 unspecified atom stereocenters. The van der Waals surface area contributed by atoms with Crippen LogP contribution in [0.2, 0.25) is 0 Å². The first-order valence-corrected chi connectivity index (χ1v) is 8.19. The van der Waals surface area contributed by atoms with Crippen LogP contribution in [-0.4, -0.2) is 42.7 Å². The molecule has 2 aromatic carbocycles. The molecule has 0 aliphatic carbocycles. The van der Waals surface area contributed by atoms with Gasteiger partial charge in [0.15, 0.2) is 0 Å². The van der Waals surface area contributed by atoms with Crippen molar-refractivity contribution >= 4 is 11.9 Å². The lowest BCUT2D eigenvalue weighted by molar-refractivity contribution is -0.142. The lowest BCUT2D eigenvalue weighted by atomic mass is 9.93. The molecule has 7 heteroatoms. The molecular formula is C19H16N4O3. The molecule has 26 heavy (non-hydrogen) atoms. The predicted molar refractivity (Wildman–Crippen MR) is 92.8 cm³/mol. The normalized spacial score (nSPS) is 16.2. The van der Waals surface area contributed by atoms with Gasteiger partial charge in [-0.25, -0.2) is 4.79 Å². The third kappa shape index (κ3) is 2.83. The molecule has 1 amide bonds. The minimum absolute atomic E-state index is 0.290. The van der Waals surface area contributed by atoms with E-state index in [0.29, 0.717) is 18.5 Å². The van der Waals surface area contributed by atoms with Gasteiger partial charge in [0.2, 0.25) is 0 Å². The minimum atomic E-state index is -0.992. The topological polar surface area (TPSA) is 88.3 Å². The van der Waals surface area contributed by atoms with Crippen LogP contribution in [0.5, 0.6) is 0 Å². The van der Waals surface area contributed by atoms with E-state index in [9.17, 15) is 14.7 Å². The van der Waals surface area contributed by atoms with Gasteiger partial charge < -0.3 is 10.0 Å². The molecule has 130 valence electrons. The summed E-state index contributed by atoms with van der Waals surface area (Å²) in [6, 6.07) is 13.7. The molecule has 0 fully saturated rings. The van der Waals surface area contributed by atoms with Crippen molar-refractivity contribution in [3.8, 4) is 5.69 Å². The fraction of sp³-hybridized carbons (Fsp3) is 0.158. The van der Waals surface area contributed by atoms with Crippen molar-refractivity contribution in [1.82, 2.24) is 19.7 Å². The van der Waals surface area contributed by atoms with Crippen molar-refractivity contribution in [2.45, 2.75) is 19.0 Å². The standard InChI is InChI=1S/C19H16N4O3/c24-18(13-5-7-16(8-6-13)22-11-20-21-12-22)23-10-15-4-2-1-3-14(15)9-17(23)19(25)26/h1-8,11-12,17H,9-10H2,(H,25,26)/t17-/m0/s1. The Balaban J connectivity index is 1.63. The summed E-state index contributed by atoms with van der Waals surface area (Å²) in [5.74, 6) is -1.28. The molecule has 0 saturated heterocycles. The number of rotatable bonds is 3. The van der Waals surface area contributed by atoms with Gasteiger partial charge in [0.05, 0.1) is 0 Å². The molecule has 0 spiro atoms. The van der Waals surface area contributed by atoms with Gasteiger partial charge in [-0.3, -0.25) is 9.36 Å². The fourth-order valence-corrected chi connectivity index (χ4v) is 3.23. The highest BCUT2D eigenvalue weighted by atomic mass is 16.4. The minimum Gasteiger partial charge on any atom is -0.480 e. The number of carbonyl (C=O) groups excluding carboxylic acids is 1. The van der Waals surface area contributed by atoms with Crippen LogP contribution in [0, 0.1) is 0 Å². The van der Waals surface area contributed by atoms with E-state index in [4.69, 9.17) is 0 Å². The number of carboxylic acid groups (broad SMARTS) is 1. The summed E-state index contributed by atoms with van der Waals surface area (Å²) in [7, 11) is 0. The van der Waals surface area contributed by atoms with E-state index in [1.54, 1.807) is 41.5 Å². The molecule has 2 heterocycles. The molecule has 1 aliphatic rings. The largest absolute Gasteiger partial charge is 0.480 e. The highest BCUT2D eigenvalue weighted by molar-refractivity contribution is 5.97. The molecule has 1 atom stereocenters. The Labute approximate surface area is 149 Å². The zero-order chi connectivity index (χ0) is 18.1. The van der Waals surface area contributed by atoms with Gasteiger partial charge in [-0.2, -0.15) is 0 Å². The zero-order valence-corrected chi connectivity index (χ0v) is 13.8. The maximum absolute atomic E-state index is 13.0. The predicted octanol–water partition coefficient (Wildman–Crippen LogP) is 1.92. The average molecular weight is 348 g/mol. The van der Waals surface area contributed by atoms with Crippen LogP contribution in [0.15, 0.2) is 61.2 Å². The number of nitrogens with zero attached hydrogens (tertiary/aromatic N) is 4. The Morgan fingerprint density at radius 2 is 1.62 bits per heavy atom. The van der Waals surface area contributed by atoms with Crippen molar-refractivity contribution in [3.05, 3.63) is 77.9 Å². The van der Waals surface area contributed by atoms with Crippen molar-refractivity contribution in [2.75, 3.05) is 0 Å². The van der Waals surface area contributed by atoms with Crippen LogP contribution < -0.4 is 0 Å². The first-order valence-electron chi connectivity index (χ1n) is 8.19. The summed E-state index contributed by atoms with van der Waals surface area (Å²) in [6.07, 6.45) is 3.45. The first-order chi connectivity index (χ1) is 12.6. The van der Waals surface area contributed by atoms with Gasteiger partial charge in [-0.15, -0.1) is 10.2 Å². The van der Waals surface area contributed by atoms with E-state index in [2.05, 4.69) is 10.2 Å². The molecule has 0 saturated carbocycles. The number of carboxylic acids is 1.